The Morgan fingerprint density at radius 3 is 2.57 bits per heavy atom. The van der Waals surface area contributed by atoms with Crippen LogP contribution in [0.25, 0.3) is 20.8 Å². The Hall–Kier alpha value is -1.35. The van der Waals surface area contributed by atoms with E-state index >= 15 is 0 Å². The number of alkyl halides is 3. The number of rotatable bonds is 1. The van der Waals surface area contributed by atoms with E-state index in [0.29, 0.717) is 15.3 Å². The van der Waals surface area contributed by atoms with Gasteiger partial charge in [-0.3, -0.25) is 0 Å². The highest BCUT2D eigenvalue weighted by molar-refractivity contribution is 14.1. The summed E-state index contributed by atoms with van der Waals surface area (Å²) in [5, 5.41) is 10.4. The lowest BCUT2D eigenvalue weighted by Gasteiger charge is -2.04. The van der Waals surface area contributed by atoms with Gasteiger partial charge in [0.1, 0.15) is 10.8 Å². The lowest BCUT2D eigenvalue weighted by molar-refractivity contribution is -0.137. The van der Waals surface area contributed by atoms with Crippen LogP contribution >= 0.6 is 33.9 Å². The number of benzene rings is 2. The van der Waals surface area contributed by atoms with Crippen LogP contribution in [-0.2, 0) is 6.18 Å². The van der Waals surface area contributed by atoms with E-state index < -0.39 is 11.7 Å². The number of hydrogen-bond acceptors (Lipinski definition) is 3. The fourth-order valence-electron chi connectivity index (χ4n) is 1.90. The minimum absolute atomic E-state index is 0.0607. The SMILES string of the molecule is Oc1ccc(I)cc1-c1nc2cc(C(F)(F)F)ccc2s1. The molecule has 0 aliphatic heterocycles. The summed E-state index contributed by atoms with van der Waals surface area (Å²) in [4.78, 5) is 4.21. The number of phenolic OH excluding ortho intramolecular Hbond substituents is 1. The molecule has 1 heterocycles. The molecule has 3 rings (SSSR count). The normalized spacial score (nSPS) is 12.0. The van der Waals surface area contributed by atoms with Gasteiger partial charge in [0, 0.05) is 3.57 Å². The quantitative estimate of drug-likeness (QED) is 0.542. The van der Waals surface area contributed by atoms with Crippen molar-refractivity contribution in [3.05, 3.63) is 45.5 Å². The van der Waals surface area contributed by atoms with Crippen LogP contribution in [0.3, 0.4) is 0 Å². The molecule has 0 aliphatic rings. The summed E-state index contributed by atoms with van der Waals surface area (Å²) in [7, 11) is 0. The summed E-state index contributed by atoms with van der Waals surface area (Å²) in [6.07, 6.45) is -4.39. The lowest BCUT2D eigenvalue weighted by Crippen LogP contribution is -2.03. The monoisotopic (exact) mass is 421 g/mol. The average Bonchev–Trinajstić information content (AvgIpc) is 2.83. The van der Waals surface area contributed by atoms with Crippen LogP contribution in [0.4, 0.5) is 13.2 Å². The van der Waals surface area contributed by atoms with E-state index in [1.807, 2.05) is 0 Å². The number of nitrogens with zero attached hydrogens (tertiary/aromatic N) is 1. The first kappa shape index (κ1) is 14.6. The zero-order valence-electron chi connectivity index (χ0n) is 10.3. The molecule has 108 valence electrons. The van der Waals surface area contributed by atoms with Gasteiger partial charge in [-0.1, -0.05) is 0 Å². The Bertz CT molecular complexity index is 829. The lowest BCUT2D eigenvalue weighted by atomic mass is 10.2. The Morgan fingerprint density at radius 2 is 1.86 bits per heavy atom. The third kappa shape index (κ3) is 2.84. The van der Waals surface area contributed by atoms with Crippen molar-refractivity contribution < 1.29 is 18.3 Å². The summed E-state index contributed by atoms with van der Waals surface area (Å²) in [6.45, 7) is 0. The van der Waals surface area contributed by atoms with Crippen LogP contribution in [0.5, 0.6) is 5.75 Å². The van der Waals surface area contributed by atoms with E-state index in [1.54, 1.807) is 18.2 Å². The van der Waals surface area contributed by atoms with Gasteiger partial charge in [-0.2, -0.15) is 13.2 Å². The van der Waals surface area contributed by atoms with Gasteiger partial charge in [0.25, 0.3) is 0 Å². The van der Waals surface area contributed by atoms with Gasteiger partial charge >= 0.3 is 6.18 Å². The predicted octanol–water partition coefficient (Wildman–Crippen LogP) is 5.29. The minimum atomic E-state index is -4.39. The van der Waals surface area contributed by atoms with Gasteiger partial charge in [0.05, 0.1) is 21.3 Å². The molecular weight excluding hydrogens is 414 g/mol. The number of hydrogen-bond donors (Lipinski definition) is 1. The largest absolute Gasteiger partial charge is 0.507 e. The first-order valence-corrected chi connectivity index (χ1v) is 7.71. The summed E-state index contributed by atoms with van der Waals surface area (Å²) >= 11 is 3.35. The summed E-state index contributed by atoms with van der Waals surface area (Å²) < 4.78 is 39.7. The molecule has 0 saturated heterocycles. The van der Waals surface area contributed by atoms with Gasteiger partial charge < -0.3 is 5.11 Å². The molecule has 21 heavy (non-hydrogen) atoms. The van der Waals surface area contributed by atoms with Crippen LogP contribution in [-0.4, -0.2) is 10.1 Å². The average molecular weight is 421 g/mol. The zero-order chi connectivity index (χ0) is 15.2. The van der Waals surface area contributed by atoms with Crippen molar-refractivity contribution in [3.8, 4) is 16.3 Å². The van der Waals surface area contributed by atoms with Crippen molar-refractivity contribution in [3.63, 3.8) is 0 Å². The highest BCUT2D eigenvalue weighted by Gasteiger charge is 2.30. The van der Waals surface area contributed by atoms with Crippen LogP contribution in [0.15, 0.2) is 36.4 Å². The zero-order valence-corrected chi connectivity index (χ0v) is 13.3. The standard InChI is InChI=1S/C14H7F3INOS/c15-14(16,17)7-1-4-12-10(5-7)19-13(21-12)9-6-8(18)2-3-11(9)20/h1-6,20H. The summed E-state index contributed by atoms with van der Waals surface area (Å²) in [5.74, 6) is 0.0607. The van der Waals surface area contributed by atoms with E-state index in [4.69, 9.17) is 0 Å². The molecule has 2 aromatic carbocycles. The number of thiazole rings is 1. The first-order valence-electron chi connectivity index (χ1n) is 5.81. The van der Waals surface area contributed by atoms with Crippen LogP contribution in [0.1, 0.15) is 5.56 Å². The van der Waals surface area contributed by atoms with Gasteiger partial charge in [0.2, 0.25) is 0 Å². The molecular formula is C14H7F3INOS. The number of aromatic nitrogens is 1. The highest BCUT2D eigenvalue weighted by Crippen LogP contribution is 2.38. The second-order valence-electron chi connectivity index (χ2n) is 4.36. The molecule has 0 atom stereocenters. The van der Waals surface area contributed by atoms with Crippen molar-refractivity contribution in [2.45, 2.75) is 6.18 Å². The Balaban J connectivity index is 2.15. The first-order chi connectivity index (χ1) is 9.84. The van der Waals surface area contributed by atoms with E-state index in [0.717, 1.165) is 15.7 Å². The molecule has 0 amide bonds. The third-order valence-corrected chi connectivity index (χ3v) is 4.64. The van der Waals surface area contributed by atoms with Crippen LogP contribution < -0.4 is 0 Å². The number of phenols is 1. The minimum Gasteiger partial charge on any atom is -0.507 e. The van der Waals surface area contributed by atoms with E-state index in [9.17, 15) is 18.3 Å². The van der Waals surface area contributed by atoms with Gasteiger partial charge in [-0.15, -0.1) is 11.3 Å². The van der Waals surface area contributed by atoms with Gasteiger partial charge in [-0.05, 0) is 59.0 Å². The van der Waals surface area contributed by atoms with Crippen LogP contribution in [0.2, 0.25) is 0 Å². The fourth-order valence-corrected chi connectivity index (χ4v) is 3.36. The molecule has 0 bridgehead atoms. The molecule has 0 saturated carbocycles. The molecule has 3 aromatic rings. The second-order valence-corrected chi connectivity index (χ2v) is 6.64. The fraction of sp³-hybridized carbons (Fsp3) is 0.0714. The molecule has 1 aromatic heterocycles. The van der Waals surface area contributed by atoms with Crippen molar-refractivity contribution in [2.75, 3.05) is 0 Å². The Kier molecular flexibility index (Phi) is 3.56. The van der Waals surface area contributed by atoms with E-state index in [-0.39, 0.29) is 11.3 Å². The third-order valence-electron chi connectivity index (χ3n) is 2.90. The summed E-state index contributed by atoms with van der Waals surface area (Å²) in [5.41, 5.74) is 0.0819. The van der Waals surface area contributed by atoms with Crippen molar-refractivity contribution in [1.82, 2.24) is 4.98 Å². The maximum Gasteiger partial charge on any atom is 0.416 e. The van der Waals surface area contributed by atoms with Crippen molar-refractivity contribution in [2.24, 2.45) is 0 Å². The van der Waals surface area contributed by atoms with Crippen molar-refractivity contribution >= 4 is 44.1 Å². The molecule has 0 spiro atoms. The smallest absolute Gasteiger partial charge is 0.416 e. The highest BCUT2D eigenvalue weighted by atomic mass is 127. The molecule has 0 unspecified atom stereocenters. The van der Waals surface area contributed by atoms with Gasteiger partial charge in [0.15, 0.2) is 0 Å². The summed E-state index contributed by atoms with van der Waals surface area (Å²) in [6, 6.07) is 8.51. The molecule has 0 aliphatic carbocycles. The maximum atomic E-state index is 12.7. The predicted molar refractivity (Wildman–Crippen MR) is 84.4 cm³/mol. The van der Waals surface area contributed by atoms with E-state index in [2.05, 4.69) is 27.6 Å². The molecule has 0 fully saturated rings. The second kappa shape index (κ2) is 5.13. The Labute approximate surface area is 135 Å². The molecule has 7 heteroatoms. The topological polar surface area (TPSA) is 33.1 Å². The van der Waals surface area contributed by atoms with Gasteiger partial charge in [-0.25, -0.2) is 4.98 Å². The maximum absolute atomic E-state index is 12.7. The Morgan fingerprint density at radius 1 is 1.10 bits per heavy atom. The van der Waals surface area contributed by atoms with E-state index in [1.165, 1.54) is 17.4 Å². The molecule has 1 N–H and O–H groups in total. The number of fused-ring (bicyclic) bond motifs is 1. The van der Waals surface area contributed by atoms with Crippen LogP contribution in [0, 0.1) is 3.57 Å². The number of aromatic hydroxyl groups is 1. The van der Waals surface area contributed by atoms with Crippen molar-refractivity contribution in [1.29, 1.82) is 0 Å². The molecule has 0 radical (unpaired) electrons. The number of halogens is 4. The molecule has 2 nitrogen and oxygen atoms in total.